The third-order valence-electron chi connectivity index (χ3n) is 8.50. The van der Waals surface area contributed by atoms with Crippen molar-refractivity contribution >= 4 is 30.0 Å². The van der Waals surface area contributed by atoms with Gasteiger partial charge < -0.3 is 67.8 Å². The Hall–Kier alpha value is -4.98. The van der Waals surface area contributed by atoms with Crippen LogP contribution in [0.3, 0.4) is 0 Å². The molecule has 18 nitrogen and oxygen atoms in total. The number of aliphatic hydroxyl groups excluding tert-OH is 2. The Morgan fingerprint density at radius 3 is 2.07 bits per heavy atom. The summed E-state index contributed by atoms with van der Waals surface area (Å²) in [6.45, 7) is 4.13. The number of phenols is 2. The second kappa shape index (κ2) is 19.6. The topological polar surface area (TPSA) is 241 Å². The Labute approximate surface area is 316 Å². The Morgan fingerprint density at radius 2 is 1.44 bits per heavy atom. The predicted molar refractivity (Wildman–Crippen MR) is 186 cm³/mol. The average molecular weight is 779 g/mol. The minimum Gasteiger partial charge on any atom is -0.504 e. The summed E-state index contributed by atoms with van der Waals surface area (Å²) in [6.07, 6.45) is -12.5. The molecule has 2 fully saturated rings. The van der Waals surface area contributed by atoms with Gasteiger partial charge in [-0.3, -0.25) is 14.4 Å². The van der Waals surface area contributed by atoms with Crippen LogP contribution in [0.5, 0.6) is 23.0 Å². The van der Waals surface area contributed by atoms with Crippen molar-refractivity contribution in [2.24, 2.45) is 0 Å². The van der Waals surface area contributed by atoms with Crippen molar-refractivity contribution in [1.29, 1.82) is 0 Å². The molecule has 0 radical (unpaired) electrons. The molecule has 55 heavy (non-hydrogen) atoms. The number of carbonyl (C=O) groups excluding carboxylic acids is 4. The van der Waals surface area contributed by atoms with Gasteiger partial charge in [-0.2, -0.15) is 0 Å². The van der Waals surface area contributed by atoms with E-state index in [-0.39, 0.29) is 36.0 Å². The summed E-state index contributed by atoms with van der Waals surface area (Å²) in [6, 6.07) is 9.05. The van der Waals surface area contributed by atoms with Gasteiger partial charge in [0.2, 0.25) is 0 Å². The van der Waals surface area contributed by atoms with Crippen LogP contribution in [0.25, 0.3) is 6.08 Å². The molecule has 0 aromatic heterocycles. The van der Waals surface area contributed by atoms with Crippen LogP contribution in [0.1, 0.15) is 38.8 Å². The van der Waals surface area contributed by atoms with E-state index in [0.29, 0.717) is 11.1 Å². The van der Waals surface area contributed by atoms with Crippen LogP contribution in [-0.4, -0.2) is 133 Å². The molecule has 2 aromatic carbocycles. The van der Waals surface area contributed by atoms with Crippen molar-refractivity contribution in [3.05, 3.63) is 53.6 Å². The number of aromatic hydroxyl groups is 2. The minimum absolute atomic E-state index is 0.0858. The molecule has 2 heterocycles. The fraction of sp³-hybridized carbons (Fsp3) is 0.514. The van der Waals surface area contributed by atoms with E-state index in [4.69, 9.17) is 47.4 Å². The molecule has 0 bridgehead atoms. The predicted octanol–water partition coefficient (Wildman–Crippen LogP) is 1.30. The third kappa shape index (κ3) is 11.5. The van der Waals surface area contributed by atoms with Gasteiger partial charge in [-0.15, -0.1) is 0 Å². The van der Waals surface area contributed by atoms with E-state index in [1.807, 2.05) is 0 Å². The maximum absolute atomic E-state index is 13.4. The highest BCUT2D eigenvalue weighted by atomic mass is 16.8. The zero-order valence-electron chi connectivity index (χ0n) is 31.0. The molecule has 4 rings (SSSR count). The number of esters is 4. The van der Waals surface area contributed by atoms with Crippen LogP contribution in [0.15, 0.2) is 42.5 Å². The SMILES string of the molecule is COc1ccc(CCO[C@@H]2O[C@H](COC(C)=O)[C@@H](OC(=O)C=Cc3ccc(O)c(OC)c3)[C@H](O[C@@H]3O[C@@H](C)[C@H](O)[C@@H](OC(C)=O)[C@H]3OC(C)=O)[C@H]2O)cc1O. The maximum atomic E-state index is 13.4. The van der Waals surface area contributed by atoms with Crippen LogP contribution in [0, 0.1) is 0 Å². The van der Waals surface area contributed by atoms with Gasteiger partial charge >= 0.3 is 23.9 Å². The van der Waals surface area contributed by atoms with E-state index in [9.17, 15) is 39.6 Å². The van der Waals surface area contributed by atoms with Crippen LogP contribution < -0.4 is 9.47 Å². The van der Waals surface area contributed by atoms with Crippen molar-refractivity contribution in [2.75, 3.05) is 27.4 Å². The van der Waals surface area contributed by atoms with Crippen LogP contribution >= 0.6 is 0 Å². The summed E-state index contributed by atoms with van der Waals surface area (Å²) >= 11 is 0. The number of phenolic OH excluding ortho intramolecular Hbond substituents is 2. The lowest BCUT2D eigenvalue weighted by molar-refractivity contribution is -0.358. The van der Waals surface area contributed by atoms with Crippen LogP contribution in [0.2, 0.25) is 0 Å². The first-order chi connectivity index (χ1) is 26.1. The maximum Gasteiger partial charge on any atom is 0.331 e. The van der Waals surface area contributed by atoms with Gasteiger partial charge in [-0.1, -0.05) is 12.1 Å². The molecular weight excluding hydrogens is 732 g/mol. The summed E-state index contributed by atoms with van der Waals surface area (Å²) in [7, 11) is 2.76. The number of rotatable bonds is 15. The lowest BCUT2D eigenvalue weighted by atomic mass is 9.96. The van der Waals surface area contributed by atoms with Crippen molar-refractivity contribution in [3.63, 3.8) is 0 Å². The van der Waals surface area contributed by atoms with E-state index in [1.54, 1.807) is 12.1 Å². The number of hydrogen-bond acceptors (Lipinski definition) is 18. The van der Waals surface area contributed by atoms with Gasteiger partial charge in [0, 0.05) is 26.8 Å². The molecule has 0 saturated carbocycles. The molecule has 10 atom stereocenters. The quantitative estimate of drug-likeness (QED) is 0.113. The normalized spacial score (nSPS) is 27.9. The number of methoxy groups -OCH3 is 2. The molecule has 18 heteroatoms. The van der Waals surface area contributed by atoms with Crippen molar-refractivity contribution in [1.82, 2.24) is 0 Å². The van der Waals surface area contributed by atoms with Gasteiger partial charge in [0.05, 0.1) is 26.9 Å². The fourth-order valence-corrected chi connectivity index (χ4v) is 5.88. The zero-order valence-corrected chi connectivity index (χ0v) is 31.0. The highest BCUT2D eigenvalue weighted by Crippen LogP contribution is 2.34. The molecule has 0 spiro atoms. The Morgan fingerprint density at radius 1 is 0.745 bits per heavy atom. The lowest BCUT2D eigenvalue weighted by Gasteiger charge is -2.47. The second-order valence-electron chi connectivity index (χ2n) is 12.6. The van der Waals surface area contributed by atoms with Crippen molar-refractivity contribution < 1.29 is 87.0 Å². The van der Waals surface area contributed by atoms with E-state index in [1.165, 1.54) is 51.5 Å². The summed E-state index contributed by atoms with van der Waals surface area (Å²) < 4.78 is 55.9. The zero-order chi connectivity index (χ0) is 40.4. The van der Waals surface area contributed by atoms with Gasteiger partial charge in [0.25, 0.3) is 0 Å². The lowest BCUT2D eigenvalue weighted by Crippen LogP contribution is -2.66. The average Bonchev–Trinajstić information content (AvgIpc) is 3.12. The van der Waals surface area contributed by atoms with E-state index >= 15 is 0 Å². The number of carbonyl (C=O) groups is 4. The standard InChI is InChI=1S/C37H46O18/c1-18-30(44)33(51-20(3)39)35(52-21(4)40)37(50-18)55-34-31(45)36(48-14-13-23-8-11-26(46-5)25(42)15-23)53-28(17-49-19(2)38)32(34)54-29(43)12-9-22-7-10-24(41)27(16-22)47-6/h7-12,15-16,18,28,30-37,41-42,44-45H,13-14,17H2,1-6H3/t18-,28+,30-,31+,32+,33+,34+,35+,36+,37-/m0/s1. The van der Waals surface area contributed by atoms with E-state index in [2.05, 4.69) is 0 Å². The van der Waals surface area contributed by atoms with Gasteiger partial charge in [0.1, 0.15) is 31.0 Å². The number of hydrogen-bond donors (Lipinski definition) is 4. The third-order valence-corrected chi connectivity index (χ3v) is 8.50. The molecule has 2 aliphatic heterocycles. The summed E-state index contributed by atoms with van der Waals surface area (Å²) in [4.78, 5) is 49.5. The first-order valence-corrected chi connectivity index (χ1v) is 17.1. The molecule has 4 N–H and O–H groups in total. The first-order valence-electron chi connectivity index (χ1n) is 17.1. The monoisotopic (exact) mass is 778 g/mol. The van der Waals surface area contributed by atoms with Crippen molar-refractivity contribution in [2.45, 2.75) is 95.5 Å². The van der Waals surface area contributed by atoms with E-state index in [0.717, 1.165) is 26.8 Å². The van der Waals surface area contributed by atoms with Crippen molar-refractivity contribution in [3.8, 4) is 23.0 Å². The summed E-state index contributed by atoms with van der Waals surface area (Å²) in [5.74, 6) is -3.19. The number of benzene rings is 2. The molecule has 0 amide bonds. The Kier molecular flexibility index (Phi) is 15.2. The minimum atomic E-state index is -1.78. The molecule has 2 aliphatic rings. The highest BCUT2D eigenvalue weighted by molar-refractivity contribution is 5.87. The Balaban J connectivity index is 1.68. The highest BCUT2D eigenvalue weighted by Gasteiger charge is 2.54. The fourth-order valence-electron chi connectivity index (χ4n) is 5.88. The largest absolute Gasteiger partial charge is 0.504 e. The van der Waals surface area contributed by atoms with Crippen LogP contribution in [-0.2, 0) is 63.5 Å². The van der Waals surface area contributed by atoms with Crippen LogP contribution in [0.4, 0.5) is 0 Å². The molecule has 2 saturated heterocycles. The summed E-state index contributed by atoms with van der Waals surface area (Å²) in [5.41, 5.74) is 1.08. The molecular formula is C37H46O18. The van der Waals surface area contributed by atoms with Gasteiger partial charge in [0.15, 0.2) is 53.9 Å². The van der Waals surface area contributed by atoms with Gasteiger partial charge in [-0.25, -0.2) is 4.79 Å². The molecule has 0 aliphatic carbocycles. The first kappa shape index (κ1) is 42.8. The molecule has 302 valence electrons. The molecule has 2 aromatic rings. The second-order valence-corrected chi connectivity index (χ2v) is 12.6. The number of aliphatic hydroxyl groups is 2. The van der Waals surface area contributed by atoms with E-state index < -0.39 is 91.9 Å². The smallest absolute Gasteiger partial charge is 0.331 e. The molecule has 0 unspecified atom stereocenters. The number of ether oxygens (including phenoxy) is 10. The summed E-state index contributed by atoms with van der Waals surface area (Å²) in [5, 5.41) is 42.7. The Bertz CT molecular complexity index is 1680. The van der Waals surface area contributed by atoms with Gasteiger partial charge in [-0.05, 0) is 54.8 Å².